The third-order valence-corrected chi connectivity index (χ3v) is 3.22. The summed E-state index contributed by atoms with van der Waals surface area (Å²) in [5.41, 5.74) is 0. The topological polar surface area (TPSA) is 35.0 Å². The molecule has 2 rings (SSSR count). The van der Waals surface area contributed by atoms with Gasteiger partial charge < -0.3 is 4.74 Å². The van der Waals surface area contributed by atoms with Crippen molar-refractivity contribution in [3.05, 3.63) is 38.2 Å². The van der Waals surface area contributed by atoms with Gasteiger partial charge in [0.15, 0.2) is 0 Å². The molecule has 0 unspecified atom stereocenters. The highest BCUT2D eigenvalue weighted by Crippen LogP contribution is 2.22. The molecule has 0 amide bonds. The molecule has 6 heteroatoms. The van der Waals surface area contributed by atoms with Crippen LogP contribution in [-0.4, -0.2) is 9.97 Å². The number of nitrogens with zero attached hydrogens (tertiary/aromatic N) is 2. The molecule has 0 spiro atoms. The van der Waals surface area contributed by atoms with Crippen molar-refractivity contribution in [2.24, 2.45) is 0 Å². The molecule has 0 aliphatic heterocycles. The lowest BCUT2D eigenvalue weighted by Gasteiger charge is -2.01. The molecular formula is C9H6BrClN2OS. The van der Waals surface area contributed by atoms with Gasteiger partial charge in [0.1, 0.15) is 11.2 Å². The van der Waals surface area contributed by atoms with Crippen molar-refractivity contribution in [1.29, 1.82) is 0 Å². The maximum Gasteiger partial charge on any atom is 0.317 e. The standard InChI is InChI=1S/C9H6BrClN2OS/c10-7-3-4-12-9(13-7)14-5-6-1-2-8(11)15-6/h1-4H,5H2. The number of halogens is 2. The van der Waals surface area contributed by atoms with Gasteiger partial charge in [0.05, 0.1) is 4.34 Å². The first-order valence-electron chi connectivity index (χ1n) is 4.09. The fourth-order valence-electron chi connectivity index (χ4n) is 0.955. The van der Waals surface area contributed by atoms with Crippen LogP contribution in [0.15, 0.2) is 29.0 Å². The van der Waals surface area contributed by atoms with E-state index in [0.29, 0.717) is 17.2 Å². The molecule has 0 aliphatic rings. The number of aromatic nitrogens is 2. The van der Waals surface area contributed by atoms with Gasteiger partial charge in [0.25, 0.3) is 0 Å². The number of ether oxygens (including phenoxy) is 1. The van der Waals surface area contributed by atoms with Crippen LogP contribution in [0.1, 0.15) is 4.88 Å². The van der Waals surface area contributed by atoms with Crippen molar-refractivity contribution < 1.29 is 4.74 Å². The summed E-state index contributed by atoms with van der Waals surface area (Å²) in [5, 5.41) is 0. The van der Waals surface area contributed by atoms with Crippen molar-refractivity contribution in [1.82, 2.24) is 9.97 Å². The van der Waals surface area contributed by atoms with Crippen molar-refractivity contribution in [3.63, 3.8) is 0 Å². The van der Waals surface area contributed by atoms with Gasteiger partial charge >= 0.3 is 6.01 Å². The van der Waals surface area contributed by atoms with Gasteiger partial charge in [0, 0.05) is 11.1 Å². The van der Waals surface area contributed by atoms with Crippen molar-refractivity contribution in [2.45, 2.75) is 6.61 Å². The van der Waals surface area contributed by atoms with Crippen LogP contribution < -0.4 is 4.74 Å². The maximum absolute atomic E-state index is 5.79. The summed E-state index contributed by atoms with van der Waals surface area (Å²) in [5.74, 6) is 0. The van der Waals surface area contributed by atoms with Gasteiger partial charge in [-0.2, -0.15) is 4.98 Å². The van der Waals surface area contributed by atoms with Gasteiger partial charge in [-0.1, -0.05) is 11.6 Å². The minimum atomic E-state index is 0.355. The second kappa shape index (κ2) is 4.92. The van der Waals surface area contributed by atoms with Gasteiger partial charge in [-0.05, 0) is 34.1 Å². The average Bonchev–Trinajstić information content (AvgIpc) is 2.62. The summed E-state index contributed by atoms with van der Waals surface area (Å²) in [6.07, 6.45) is 1.63. The SMILES string of the molecule is Clc1ccc(COc2nccc(Br)n2)s1. The first-order chi connectivity index (χ1) is 7.24. The van der Waals surface area contributed by atoms with E-state index in [1.165, 1.54) is 11.3 Å². The van der Waals surface area contributed by atoms with Crippen LogP contribution in [0, 0.1) is 0 Å². The summed E-state index contributed by atoms with van der Waals surface area (Å²) >= 11 is 10.5. The highest BCUT2D eigenvalue weighted by molar-refractivity contribution is 9.10. The fourth-order valence-corrected chi connectivity index (χ4v) is 2.23. The zero-order chi connectivity index (χ0) is 10.7. The zero-order valence-corrected chi connectivity index (χ0v) is 10.6. The smallest absolute Gasteiger partial charge is 0.317 e. The quantitative estimate of drug-likeness (QED) is 0.814. The predicted molar refractivity (Wildman–Crippen MR) is 63.4 cm³/mol. The second-order valence-electron chi connectivity index (χ2n) is 2.66. The predicted octanol–water partition coefficient (Wildman–Crippen LogP) is 3.53. The molecule has 78 valence electrons. The van der Waals surface area contributed by atoms with Crippen molar-refractivity contribution in [2.75, 3.05) is 0 Å². The molecule has 0 N–H and O–H groups in total. The van der Waals surface area contributed by atoms with Crippen LogP contribution in [0.25, 0.3) is 0 Å². The molecule has 0 aromatic carbocycles. The Morgan fingerprint density at radius 1 is 1.40 bits per heavy atom. The molecule has 0 aliphatic carbocycles. The average molecular weight is 306 g/mol. The highest BCUT2D eigenvalue weighted by Gasteiger charge is 2.01. The first-order valence-corrected chi connectivity index (χ1v) is 6.08. The zero-order valence-electron chi connectivity index (χ0n) is 7.48. The summed E-state index contributed by atoms with van der Waals surface area (Å²) < 4.78 is 6.84. The Morgan fingerprint density at radius 3 is 2.93 bits per heavy atom. The second-order valence-corrected chi connectivity index (χ2v) is 5.27. The molecule has 2 heterocycles. The van der Waals surface area contributed by atoms with Crippen LogP contribution in [0.4, 0.5) is 0 Å². The Balaban J connectivity index is 1.99. The third kappa shape index (κ3) is 3.15. The largest absolute Gasteiger partial charge is 0.458 e. The van der Waals surface area contributed by atoms with E-state index < -0.39 is 0 Å². The summed E-state index contributed by atoms with van der Waals surface area (Å²) in [6, 6.07) is 5.86. The Bertz CT molecular complexity index is 463. The van der Waals surface area contributed by atoms with Crippen LogP contribution in [0.3, 0.4) is 0 Å². The van der Waals surface area contributed by atoms with Gasteiger partial charge in [-0.3, -0.25) is 0 Å². The van der Waals surface area contributed by atoms with Crippen molar-refractivity contribution >= 4 is 38.9 Å². The number of thiophene rings is 1. The minimum absolute atomic E-state index is 0.355. The summed E-state index contributed by atoms with van der Waals surface area (Å²) in [6.45, 7) is 0.438. The van der Waals surface area contributed by atoms with E-state index in [-0.39, 0.29) is 0 Å². The van der Waals surface area contributed by atoms with E-state index in [1.807, 2.05) is 12.1 Å². The van der Waals surface area contributed by atoms with E-state index in [4.69, 9.17) is 16.3 Å². The monoisotopic (exact) mass is 304 g/mol. The van der Waals surface area contributed by atoms with Crippen LogP contribution in [0.5, 0.6) is 6.01 Å². The van der Waals surface area contributed by atoms with E-state index in [9.17, 15) is 0 Å². The van der Waals surface area contributed by atoms with Crippen LogP contribution in [-0.2, 0) is 6.61 Å². The summed E-state index contributed by atoms with van der Waals surface area (Å²) in [7, 11) is 0. The Kier molecular flexibility index (Phi) is 3.56. The molecule has 0 saturated heterocycles. The van der Waals surface area contributed by atoms with Crippen LogP contribution in [0.2, 0.25) is 4.34 Å². The molecule has 15 heavy (non-hydrogen) atoms. The van der Waals surface area contributed by atoms with E-state index in [2.05, 4.69) is 25.9 Å². The molecule has 3 nitrogen and oxygen atoms in total. The summed E-state index contributed by atoms with van der Waals surface area (Å²) in [4.78, 5) is 9.06. The lowest BCUT2D eigenvalue weighted by molar-refractivity contribution is 0.283. The van der Waals surface area contributed by atoms with Gasteiger partial charge in [-0.25, -0.2) is 4.98 Å². The van der Waals surface area contributed by atoms with Gasteiger partial charge in [-0.15, -0.1) is 11.3 Å². The molecule has 0 saturated carbocycles. The fraction of sp³-hybridized carbons (Fsp3) is 0.111. The van der Waals surface area contributed by atoms with Gasteiger partial charge in [0.2, 0.25) is 0 Å². The normalized spacial score (nSPS) is 10.3. The Labute approximate surface area is 104 Å². The molecule has 2 aromatic heterocycles. The first kappa shape index (κ1) is 10.9. The number of hydrogen-bond acceptors (Lipinski definition) is 4. The molecule has 0 radical (unpaired) electrons. The maximum atomic E-state index is 5.79. The Hall–Kier alpha value is -0.650. The Morgan fingerprint density at radius 2 is 2.27 bits per heavy atom. The molecule has 0 fully saturated rings. The molecule has 2 aromatic rings. The molecular weight excluding hydrogens is 300 g/mol. The van der Waals surface area contributed by atoms with E-state index in [1.54, 1.807) is 12.3 Å². The lowest BCUT2D eigenvalue weighted by Crippen LogP contribution is -1.97. The molecule has 0 bridgehead atoms. The van der Waals surface area contributed by atoms with Crippen LogP contribution >= 0.6 is 38.9 Å². The lowest BCUT2D eigenvalue weighted by atomic mass is 10.5. The number of hydrogen-bond donors (Lipinski definition) is 0. The van der Waals surface area contributed by atoms with Crippen molar-refractivity contribution in [3.8, 4) is 6.01 Å². The minimum Gasteiger partial charge on any atom is -0.458 e. The highest BCUT2D eigenvalue weighted by atomic mass is 79.9. The van der Waals surface area contributed by atoms with E-state index >= 15 is 0 Å². The third-order valence-electron chi connectivity index (χ3n) is 1.57. The molecule has 0 atom stereocenters. The van der Waals surface area contributed by atoms with E-state index in [0.717, 1.165) is 9.21 Å². The number of rotatable bonds is 3.